The van der Waals surface area contributed by atoms with Gasteiger partial charge in [0.25, 0.3) is 0 Å². The molecule has 1 rings (SSSR count). The summed E-state index contributed by atoms with van der Waals surface area (Å²) in [6.07, 6.45) is 0. The summed E-state index contributed by atoms with van der Waals surface area (Å²) in [7, 11) is 1.64. The van der Waals surface area contributed by atoms with Crippen LogP contribution in [0, 0.1) is 0 Å². The Morgan fingerprint density at radius 2 is 2.07 bits per heavy atom. The van der Waals surface area contributed by atoms with Gasteiger partial charge in [-0.2, -0.15) is 0 Å². The summed E-state index contributed by atoms with van der Waals surface area (Å²) in [5, 5.41) is 2.85. The van der Waals surface area contributed by atoms with Crippen molar-refractivity contribution in [2.75, 3.05) is 40.0 Å². The number of amides is 2. The number of carbonyl (C=O) groups excluding carboxylic acids is 1. The van der Waals surface area contributed by atoms with Crippen molar-refractivity contribution < 1.29 is 14.3 Å². The summed E-state index contributed by atoms with van der Waals surface area (Å²) >= 11 is 0. The maximum atomic E-state index is 11.7. The van der Waals surface area contributed by atoms with Crippen molar-refractivity contribution in [3.8, 4) is 0 Å². The van der Waals surface area contributed by atoms with Gasteiger partial charge in [-0.15, -0.1) is 0 Å². The highest BCUT2D eigenvalue weighted by Crippen LogP contribution is 2.05. The van der Waals surface area contributed by atoms with Gasteiger partial charge < -0.3 is 19.7 Å². The summed E-state index contributed by atoms with van der Waals surface area (Å²) in [4.78, 5) is 13.4. The molecule has 2 amide bonds. The molecule has 0 bridgehead atoms. The van der Waals surface area contributed by atoms with E-state index in [9.17, 15) is 4.79 Å². The molecule has 0 aromatic carbocycles. The smallest absolute Gasteiger partial charge is 0.317 e. The van der Waals surface area contributed by atoms with Crippen LogP contribution in [0.3, 0.4) is 0 Å². The van der Waals surface area contributed by atoms with E-state index in [0.29, 0.717) is 32.8 Å². The topological polar surface area (TPSA) is 50.8 Å². The highest BCUT2D eigenvalue weighted by atomic mass is 16.5. The van der Waals surface area contributed by atoms with Gasteiger partial charge >= 0.3 is 6.03 Å². The minimum Gasteiger partial charge on any atom is -0.378 e. The molecule has 0 saturated carbocycles. The number of hydrogen-bond acceptors (Lipinski definition) is 3. The highest BCUT2D eigenvalue weighted by molar-refractivity contribution is 5.74. The molecule has 88 valence electrons. The Hall–Kier alpha value is -0.810. The molecule has 15 heavy (non-hydrogen) atoms. The van der Waals surface area contributed by atoms with E-state index in [2.05, 4.69) is 5.32 Å². The maximum Gasteiger partial charge on any atom is 0.317 e. The van der Waals surface area contributed by atoms with Crippen molar-refractivity contribution in [3.05, 3.63) is 0 Å². The number of morpholine rings is 1. The van der Waals surface area contributed by atoms with Crippen LogP contribution >= 0.6 is 0 Å². The molecule has 0 aromatic rings. The maximum absolute atomic E-state index is 11.7. The first-order chi connectivity index (χ1) is 7.05. The van der Waals surface area contributed by atoms with Gasteiger partial charge in [-0.25, -0.2) is 4.79 Å². The number of hydrogen-bond donors (Lipinski definition) is 1. The molecule has 1 heterocycles. The van der Waals surface area contributed by atoms with E-state index in [1.807, 2.05) is 13.8 Å². The second kappa shape index (κ2) is 5.32. The predicted octanol–water partition coefficient (Wildman–Crippen LogP) is 0.453. The van der Waals surface area contributed by atoms with Crippen LogP contribution in [-0.2, 0) is 9.47 Å². The summed E-state index contributed by atoms with van der Waals surface area (Å²) < 4.78 is 10.4. The minimum atomic E-state index is -0.318. The average molecular weight is 216 g/mol. The van der Waals surface area contributed by atoms with Gasteiger partial charge in [-0.1, -0.05) is 0 Å². The van der Waals surface area contributed by atoms with E-state index in [1.54, 1.807) is 12.0 Å². The van der Waals surface area contributed by atoms with Crippen LogP contribution in [0.15, 0.2) is 0 Å². The lowest BCUT2D eigenvalue weighted by Gasteiger charge is -2.29. The Labute approximate surface area is 90.7 Å². The third-order valence-electron chi connectivity index (χ3n) is 2.52. The van der Waals surface area contributed by atoms with Gasteiger partial charge in [-0.3, -0.25) is 0 Å². The molecular weight excluding hydrogens is 196 g/mol. The standard InChI is InChI=1S/C10H20N2O3/c1-10(2,14-3)8-11-9(13)12-4-6-15-7-5-12/h4-8H2,1-3H3,(H,11,13). The average Bonchev–Trinajstić information content (AvgIpc) is 2.27. The van der Waals surface area contributed by atoms with Crippen molar-refractivity contribution in [2.45, 2.75) is 19.4 Å². The Balaban J connectivity index is 2.28. The van der Waals surface area contributed by atoms with Gasteiger partial charge in [-0.05, 0) is 13.8 Å². The molecule has 5 heteroatoms. The largest absolute Gasteiger partial charge is 0.378 e. The van der Waals surface area contributed by atoms with Crippen molar-refractivity contribution in [1.82, 2.24) is 10.2 Å². The normalized spacial score (nSPS) is 17.7. The first-order valence-electron chi connectivity index (χ1n) is 5.21. The number of methoxy groups -OCH3 is 1. The second-order valence-corrected chi connectivity index (χ2v) is 4.22. The lowest BCUT2D eigenvalue weighted by Crippen LogP contribution is -2.49. The van der Waals surface area contributed by atoms with Gasteiger partial charge in [0.15, 0.2) is 0 Å². The molecule has 0 atom stereocenters. The minimum absolute atomic E-state index is 0.0385. The summed E-state index contributed by atoms with van der Waals surface area (Å²) in [6, 6.07) is -0.0385. The first kappa shape index (κ1) is 12.3. The molecule has 0 aromatic heterocycles. The molecule has 1 fully saturated rings. The van der Waals surface area contributed by atoms with E-state index in [-0.39, 0.29) is 11.6 Å². The second-order valence-electron chi connectivity index (χ2n) is 4.22. The molecule has 0 aliphatic carbocycles. The first-order valence-corrected chi connectivity index (χ1v) is 5.21. The van der Waals surface area contributed by atoms with Crippen LogP contribution in [0.25, 0.3) is 0 Å². The molecule has 0 unspecified atom stereocenters. The summed E-state index contributed by atoms with van der Waals surface area (Å²) in [5.41, 5.74) is -0.318. The highest BCUT2D eigenvalue weighted by Gasteiger charge is 2.21. The molecule has 0 radical (unpaired) electrons. The third-order valence-corrected chi connectivity index (χ3v) is 2.52. The van der Waals surface area contributed by atoms with E-state index in [1.165, 1.54) is 0 Å². The monoisotopic (exact) mass is 216 g/mol. The van der Waals surface area contributed by atoms with Crippen molar-refractivity contribution in [1.29, 1.82) is 0 Å². The molecular formula is C10H20N2O3. The zero-order chi connectivity index (χ0) is 11.3. The van der Waals surface area contributed by atoms with Crippen molar-refractivity contribution in [2.24, 2.45) is 0 Å². The zero-order valence-electron chi connectivity index (χ0n) is 9.71. The number of ether oxygens (including phenoxy) is 2. The van der Waals surface area contributed by atoms with Gasteiger partial charge in [0, 0.05) is 26.7 Å². The van der Waals surface area contributed by atoms with Gasteiger partial charge in [0.2, 0.25) is 0 Å². The molecule has 1 aliphatic heterocycles. The van der Waals surface area contributed by atoms with E-state index < -0.39 is 0 Å². The van der Waals surface area contributed by atoms with Crippen LogP contribution in [0.1, 0.15) is 13.8 Å². The third kappa shape index (κ3) is 4.05. The molecule has 5 nitrogen and oxygen atoms in total. The fraction of sp³-hybridized carbons (Fsp3) is 0.900. The lowest BCUT2D eigenvalue weighted by atomic mass is 10.1. The molecule has 1 aliphatic rings. The van der Waals surface area contributed by atoms with Crippen molar-refractivity contribution >= 4 is 6.03 Å². The number of rotatable bonds is 3. The Kier molecular flexibility index (Phi) is 4.35. The van der Waals surface area contributed by atoms with Gasteiger partial charge in [0.05, 0.1) is 18.8 Å². The molecule has 1 saturated heterocycles. The number of nitrogens with one attached hydrogen (secondary N) is 1. The van der Waals surface area contributed by atoms with Crippen LogP contribution in [0.4, 0.5) is 4.79 Å². The quantitative estimate of drug-likeness (QED) is 0.745. The fourth-order valence-electron chi connectivity index (χ4n) is 1.24. The van der Waals surface area contributed by atoms with Crippen LogP contribution in [-0.4, -0.2) is 56.5 Å². The number of nitrogens with zero attached hydrogens (tertiary/aromatic N) is 1. The summed E-state index contributed by atoms with van der Waals surface area (Å²) in [5.74, 6) is 0. The Bertz CT molecular complexity index is 213. The zero-order valence-corrected chi connectivity index (χ0v) is 9.71. The Morgan fingerprint density at radius 1 is 1.47 bits per heavy atom. The molecule has 0 spiro atoms. The van der Waals surface area contributed by atoms with Crippen LogP contribution in [0.2, 0.25) is 0 Å². The van der Waals surface area contributed by atoms with Crippen LogP contribution < -0.4 is 5.32 Å². The Morgan fingerprint density at radius 3 is 2.60 bits per heavy atom. The van der Waals surface area contributed by atoms with Crippen LogP contribution in [0.5, 0.6) is 0 Å². The number of carbonyl (C=O) groups is 1. The van der Waals surface area contributed by atoms with E-state index in [4.69, 9.17) is 9.47 Å². The number of urea groups is 1. The lowest BCUT2D eigenvalue weighted by molar-refractivity contribution is 0.0210. The van der Waals surface area contributed by atoms with E-state index >= 15 is 0 Å². The van der Waals surface area contributed by atoms with Gasteiger partial charge in [0.1, 0.15) is 0 Å². The SMILES string of the molecule is COC(C)(C)CNC(=O)N1CCOCC1. The summed E-state index contributed by atoms with van der Waals surface area (Å²) in [6.45, 7) is 6.97. The fourth-order valence-corrected chi connectivity index (χ4v) is 1.24. The predicted molar refractivity (Wildman–Crippen MR) is 56.9 cm³/mol. The van der Waals surface area contributed by atoms with Crippen molar-refractivity contribution in [3.63, 3.8) is 0 Å². The van der Waals surface area contributed by atoms with E-state index in [0.717, 1.165) is 0 Å². The molecule has 1 N–H and O–H groups in total.